The molecule has 0 radical (unpaired) electrons. The minimum atomic E-state index is -2.96. The molecule has 1 saturated heterocycles. The average Bonchev–Trinajstić information content (AvgIpc) is 2.82. The van der Waals surface area contributed by atoms with E-state index in [2.05, 4.69) is 10.4 Å². The zero-order valence-electron chi connectivity index (χ0n) is 10.0. The monoisotopic (exact) mass is 269 g/mol. The molecule has 0 unspecified atom stereocenters. The number of amides is 1. The van der Waals surface area contributed by atoms with Crippen LogP contribution in [-0.2, 0) is 21.7 Å². The highest BCUT2D eigenvalue weighted by Crippen LogP contribution is 2.11. The van der Waals surface area contributed by atoms with Crippen LogP contribution in [0, 0.1) is 0 Å². The number of aromatic nitrogens is 2. The van der Waals surface area contributed by atoms with Crippen LogP contribution in [0.25, 0.3) is 6.08 Å². The highest BCUT2D eigenvalue weighted by molar-refractivity contribution is 7.91. The molecule has 1 aliphatic rings. The molecule has 1 atom stereocenters. The summed E-state index contributed by atoms with van der Waals surface area (Å²) >= 11 is 0. The molecule has 1 fully saturated rings. The largest absolute Gasteiger partial charge is 0.349 e. The zero-order valence-corrected chi connectivity index (χ0v) is 10.9. The summed E-state index contributed by atoms with van der Waals surface area (Å²) in [6.07, 6.45) is 6.95. The van der Waals surface area contributed by atoms with Crippen LogP contribution in [0.3, 0.4) is 0 Å². The number of hydrogen-bond donors (Lipinski definition) is 1. The van der Waals surface area contributed by atoms with Crippen molar-refractivity contribution in [1.29, 1.82) is 0 Å². The maximum atomic E-state index is 11.6. The first kappa shape index (κ1) is 12.8. The first-order valence-corrected chi connectivity index (χ1v) is 7.44. The van der Waals surface area contributed by atoms with E-state index in [-0.39, 0.29) is 23.5 Å². The summed E-state index contributed by atoms with van der Waals surface area (Å²) in [5.74, 6) is -0.0787. The van der Waals surface area contributed by atoms with Gasteiger partial charge >= 0.3 is 0 Å². The van der Waals surface area contributed by atoms with Crippen molar-refractivity contribution in [3.05, 3.63) is 24.0 Å². The van der Waals surface area contributed by atoms with Crippen molar-refractivity contribution >= 4 is 21.8 Å². The fourth-order valence-electron chi connectivity index (χ4n) is 1.86. The number of carbonyl (C=O) groups excluding carboxylic acids is 1. The molecule has 98 valence electrons. The molecular formula is C11H15N3O3S. The molecule has 0 bridgehead atoms. The van der Waals surface area contributed by atoms with Crippen molar-refractivity contribution in [2.75, 3.05) is 11.5 Å². The van der Waals surface area contributed by atoms with Crippen LogP contribution in [0.15, 0.2) is 18.5 Å². The number of carbonyl (C=O) groups is 1. The maximum absolute atomic E-state index is 11.6. The predicted molar refractivity (Wildman–Crippen MR) is 67.4 cm³/mol. The minimum absolute atomic E-state index is 0.0411. The van der Waals surface area contributed by atoms with Gasteiger partial charge in [-0.1, -0.05) is 0 Å². The Balaban J connectivity index is 1.88. The second-order valence-electron chi connectivity index (χ2n) is 4.39. The Hall–Kier alpha value is -1.63. The van der Waals surface area contributed by atoms with Crippen LogP contribution in [0.2, 0.25) is 0 Å². The molecule has 18 heavy (non-hydrogen) atoms. The van der Waals surface area contributed by atoms with Crippen molar-refractivity contribution in [2.45, 2.75) is 12.5 Å². The lowest BCUT2D eigenvalue weighted by molar-refractivity contribution is -0.116. The smallest absolute Gasteiger partial charge is 0.244 e. The third-order valence-corrected chi connectivity index (χ3v) is 4.50. The molecule has 1 N–H and O–H groups in total. The molecule has 0 aromatic carbocycles. The third-order valence-electron chi connectivity index (χ3n) is 2.73. The van der Waals surface area contributed by atoms with E-state index in [1.807, 2.05) is 0 Å². The van der Waals surface area contributed by atoms with Gasteiger partial charge in [-0.05, 0) is 12.5 Å². The van der Waals surface area contributed by atoms with Crippen LogP contribution in [0.4, 0.5) is 0 Å². The van der Waals surface area contributed by atoms with Gasteiger partial charge in [-0.25, -0.2) is 8.42 Å². The summed E-state index contributed by atoms with van der Waals surface area (Å²) in [5.41, 5.74) is 0.826. The van der Waals surface area contributed by atoms with Gasteiger partial charge in [0.1, 0.15) is 0 Å². The summed E-state index contributed by atoms with van der Waals surface area (Å²) in [7, 11) is -1.16. The minimum Gasteiger partial charge on any atom is -0.349 e. The first-order chi connectivity index (χ1) is 8.44. The lowest BCUT2D eigenvalue weighted by Crippen LogP contribution is -2.34. The first-order valence-electron chi connectivity index (χ1n) is 5.62. The highest BCUT2D eigenvalue weighted by Gasteiger charge is 2.28. The highest BCUT2D eigenvalue weighted by atomic mass is 32.2. The molecule has 1 aromatic heterocycles. The Kier molecular flexibility index (Phi) is 3.51. The van der Waals surface area contributed by atoms with E-state index in [0.29, 0.717) is 6.42 Å². The molecule has 2 rings (SSSR count). The van der Waals surface area contributed by atoms with Crippen LogP contribution in [0.5, 0.6) is 0 Å². The number of nitrogens with zero attached hydrogens (tertiary/aromatic N) is 2. The summed E-state index contributed by atoms with van der Waals surface area (Å²) in [6.45, 7) is 0. The van der Waals surface area contributed by atoms with Gasteiger partial charge in [0.15, 0.2) is 9.84 Å². The van der Waals surface area contributed by atoms with E-state index in [1.165, 1.54) is 6.08 Å². The SMILES string of the molecule is Cn1cc(/C=C/C(=O)N[C@H]2CCS(=O)(=O)C2)cn1. The quantitative estimate of drug-likeness (QED) is 0.766. The Morgan fingerprint density at radius 3 is 2.94 bits per heavy atom. The second kappa shape index (κ2) is 4.93. The van der Waals surface area contributed by atoms with E-state index in [1.54, 1.807) is 30.2 Å². The fraction of sp³-hybridized carbons (Fsp3) is 0.455. The summed E-state index contributed by atoms with van der Waals surface area (Å²) in [6, 6.07) is -0.263. The number of rotatable bonds is 3. The Labute approximate surface area is 106 Å². The molecule has 1 amide bonds. The normalized spacial score (nSPS) is 22.4. The van der Waals surface area contributed by atoms with Gasteiger partial charge in [0.05, 0.1) is 17.7 Å². The van der Waals surface area contributed by atoms with E-state index >= 15 is 0 Å². The van der Waals surface area contributed by atoms with Crippen molar-refractivity contribution in [2.24, 2.45) is 7.05 Å². The molecule has 2 heterocycles. The molecule has 0 aliphatic carbocycles. The molecular weight excluding hydrogens is 254 g/mol. The van der Waals surface area contributed by atoms with Gasteiger partial charge in [0.25, 0.3) is 0 Å². The third kappa shape index (κ3) is 3.43. The summed E-state index contributed by atoms with van der Waals surface area (Å²) in [4.78, 5) is 11.6. The Bertz CT molecular complexity index is 574. The number of nitrogens with one attached hydrogen (secondary N) is 1. The van der Waals surface area contributed by atoms with Crippen LogP contribution in [0.1, 0.15) is 12.0 Å². The van der Waals surface area contributed by atoms with Crippen molar-refractivity contribution in [1.82, 2.24) is 15.1 Å². The lowest BCUT2D eigenvalue weighted by Gasteiger charge is -2.07. The number of sulfone groups is 1. The van der Waals surface area contributed by atoms with E-state index in [4.69, 9.17) is 0 Å². The number of hydrogen-bond acceptors (Lipinski definition) is 4. The van der Waals surface area contributed by atoms with Crippen LogP contribution in [-0.4, -0.2) is 41.7 Å². The maximum Gasteiger partial charge on any atom is 0.244 e. The lowest BCUT2D eigenvalue weighted by atomic mass is 10.2. The van der Waals surface area contributed by atoms with E-state index < -0.39 is 9.84 Å². The summed E-state index contributed by atoms with van der Waals surface area (Å²) in [5, 5.41) is 6.65. The van der Waals surface area contributed by atoms with Crippen molar-refractivity contribution in [3.63, 3.8) is 0 Å². The zero-order chi connectivity index (χ0) is 13.2. The van der Waals surface area contributed by atoms with Crippen molar-refractivity contribution < 1.29 is 13.2 Å². The molecule has 7 heteroatoms. The molecule has 6 nitrogen and oxygen atoms in total. The van der Waals surface area contributed by atoms with Crippen molar-refractivity contribution in [3.8, 4) is 0 Å². The fourth-order valence-corrected chi connectivity index (χ4v) is 3.53. The predicted octanol–water partition coefficient (Wildman–Crippen LogP) is -0.263. The standard InChI is InChI=1S/C11H15N3O3S/c1-14-7-9(6-12-14)2-3-11(15)13-10-4-5-18(16,17)8-10/h2-3,6-7,10H,4-5,8H2,1H3,(H,13,15)/b3-2+/t10-/m0/s1. The number of aryl methyl sites for hydroxylation is 1. The Morgan fingerprint density at radius 1 is 1.61 bits per heavy atom. The molecule has 0 spiro atoms. The summed E-state index contributed by atoms with van der Waals surface area (Å²) < 4.78 is 24.1. The molecule has 1 aromatic rings. The molecule has 1 aliphatic heterocycles. The van der Waals surface area contributed by atoms with E-state index in [9.17, 15) is 13.2 Å². The van der Waals surface area contributed by atoms with Crippen LogP contribution < -0.4 is 5.32 Å². The van der Waals surface area contributed by atoms with E-state index in [0.717, 1.165) is 5.56 Å². The topological polar surface area (TPSA) is 81.1 Å². The second-order valence-corrected chi connectivity index (χ2v) is 6.62. The molecule has 0 saturated carbocycles. The van der Waals surface area contributed by atoms with Crippen LogP contribution >= 0.6 is 0 Å². The van der Waals surface area contributed by atoms with Gasteiger partial charge in [-0.15, -0.1) is 0 Å². The average molecular weight is 269 g/mol. The van der Waals surface area contributed by atoms with Gasteiger partial charge in [-0.3, -0.25) is 9.48 Å². The van der Waals surface area contributed by atoms with Gasteiger partial charge in [0.2, 0.25) is 5.91 Å². The Morgan fingerprint density at radius 2 is 2.39 bits per heavy atom. The van der Waals surface area contributed by atoms with Gasteiger partial charge in [-0.2, -0.15) is 5.10 Å². The van der Waals surface area contributed by atoms with Gasteiger partial charge < -0.3 is 5.32 Å². The van der Waals surface area contributed by atoms with Gasteiger partial charge in [0, 0.05) is 30.9 Å².